The van der Waals surface area contributed by atoms with Crippen LogP contribution in [0.4, 0.5) is 0 Å². The zero-order valence-electron chi connectivity index (χ0n) is 11.5. The average molecular weight is 304 g/mol. The molecule has 3 aromatic heterocycles. The molecule has 0 fully saturated rings. The van der Waals surface area contributed by atoms with Crippen molar-refractivity contribution in [2.75, 3.05) is 0 Å². The zero-order chi connectivity index (χ0) is 14.1. The van der Waals surface area contributed by atoms with Gasteiger partial charge >= 0.3 is 0 Å². The fourth-order valence-corrected chi connectivity index (χ4v) is 4.22. The first-order valence-corrected chi connectivity index (χ1v) is 8.37. The van der Waals surface area contributed by atoms with E-state index in [0.29, 0.717) is 11.5 Å². The highest BCUT2D eigenvalue weighted by Crippen LogP contribution is 2.36. The molecule has 3 aromatic rings. The van der Waals surface area contributed by atoms with Gasteiger partial charge in [0, 0.05) is 22.1 Å². The summed E-state index contributed by atoms with van der Waals surface area (Å²) in [6.07, 6.45) is 3.83. The lowest BCUT2D eigenvalue weighted by molar-refractivity contribution is 0.112. The Labute approximate surface area is 125 Å². The van der Waals surface area contributed by atoms with Crippen molar-refractivity contribution < 1.29 is 4.79 Å². The van der Waals surface area contributed by atoms with E-state index in [-0.39, 0.29) is 0 Å². The number of aryl methyl sites for hydroxylation is 1. The van der Waals surface area contributed by atoms with Crippen LogP contribution in [-0.2, 0) is 6.54 Å². The second-order valence-corrected chi connectivity index (χ2v) is 7.29. The maximum absolute atomic E-state index is 11.3. The molecule has 0 atom stereocenters. The highest BCUT2D eigenvalue weighted by molar-refractivity contribution is 7.28. The smallest absolute Gasteiger partial charge is 0.153 e. The Morgan fingerprint density at radius 3 is 2.95 bits per heavy atom. The second-order valence-electron chi connectivity index (χ2n) is 5.26. The number of hydrogen-bond acceptors (Lipinski definition) is 4. The molecule has 0 bridgehead atoms. The largest absolute Gasteiger partial charge is 0.298 e. The van der Waals surface area contributed by atoms with Gasteiger partial charge in [0.25, 0.3) is 0 Å². The topological polar surface area (TPSA) is 34.9 Å². The van der Waals surface area contributed by atoms with Gasteiger partial charge in [0.05, 0.1) is 10.4 Å². The summed E-state index contributed by atoms with van der Waals surface area (Å²) >= 11 is 3.42. The van der Waals surface area contributed by atoms with E-state index in [9.17, 15) is 4.79 Å². The van der Waals surface area contributed by atoms with Gasteiger partial charge in [-0.3, -0.25) is 9.48 Å². The molecule has 0 saturated carbocycles. The quantitative estimate of drug-likeness (QED) is 0.641. The van der Waals surface area contributed by atoms with E-state index in [2.05, 4.69) is 36.5 Å². The molecule has 0 aliphatic carbocycles. The van der Waals surface area contributed by atoms with Crippen LogP contribution in [0.5, 0.6) is 0 Å². The summed E-state index contributed by atoms with van der Waals surface area (Å²) in [6, 6.07) is 4.25. The van der Waals surface area contributed by atoms with Crippen molar-refractivity contribution in [1.29, 1.82) is 0 Å². The second kappa shape index (κ2) is 5.50. The van der Waals surface area contributed by atoms with Crippen molar-refractivity contribution in [2.24, 2.45) is 5.92 Å². The number of aromatic nitrogens is 2. The molecule has 20 heavy (non-hydrogen) atoms. The molecule has 104 valence electrons. The Morgan fingerprint density at radius 1 is 1.40 bits per heavy atom. The van der Waals surface area contributed by atoms with Crippen LogP contribution in [0.15, 0.2) is 23.7 Å². The lowest BCUT2D eigenvalue weighted by Crippen LogP contribution is -2.01. The average Bonchev–Trinajstić information content (AvgIpc) is 3.08. The molecule has 0 N–H and O–H groups in total. The Bertz CT molecular complexity index is 708. The minimum absolute atomic E-state index is 0.634. The normalized spacial score (nSPS) is 11.6. The third-order valence-corrected chi connectivity index (χ3v) is 5.33. The van der Waals surface area contributed by atoms with Crippen LogP contribution < -0.4 is 0 Å². The first-order valence-electron chi connectivity index (χ1n) is 6.67. The maximum atomic E-state index is 11.3. The summed E-state index contributed by atoms with van der Waals surface area (Å²) in [5.74, 6) is 0.634. The van der Waals surface area contributed by atoms with Crippen LogP contribution >= 0.6 is 22.7 Å². The monoisotopic (exact) mass is 304 g/mol. The molecular weight excluding hydrogens is 288 g/mol. The Morgan fingerprint density at radius 2 is 2.25 bits per heavy atom. The van der Waals surface area contributed by atoms with E-state index in [1.807, 2.05) is 10.9 Å². The molecule has 3 nitrogen and oxygen atoms in total. The SMILES string of the molecule is CC(C)CCn1cc(C=O)c(-c2cc3sccc3s2)n1. The van der Waals surface area contributed by atoms with Gasteiger partial charge in [0.2, 0.25) is 0 Å². The standard InChI is InChI=1S/C15H16N2OS2/c1-10(2)3-5-17-8-11(9-18)15(16-17)14-7-13-12(20-14)4-6-19-13/h4,6-10H,3,5H2,1-2H3. The number of thiophene rings is 2. The number of nitrogens with zero attached hydrogens (tertiary/aromatic N) is 2. The van der Waals surface area contributed by atoms with Crippen LogP contribution in [-0.4, -0.2) is 16.1 Å². The first-order chi connectivity index (χ1) is 9.67. The molecule has 0 radical (unpaired) electrons. The van der Waals surface area contributed by atoms with E-state index in [0.717, 1.165) is 29.8 Å². The zero-order valence-corrected chi connectivity index (χ0v) is 13.1. The lowest BCUT2D eigenvalue weighted by Gasteiger charge is -2.03. The summed E-state index contributed by atoms with van der Waals surface area (Å²) in [5.41, 5.74) is 1.50. The first kappa shape index (κ1) is 13.5. The van der Waals surface area contributed by atoms with E-state index >= 15 is 0 Å². The van der Waals surface area contributed by atoms with E-state index in [1.54, 1.807) is 22.7 Å². The summed E-state index contributed by atoms with van der Waals surface area (Å²) in [7, 11) is 0. The van der Waals surface area contributed by atoms with Gasteiger partial charge < -0.3 is 0 Å². The third-order valence-electron chi connectivity index (χ3n) is 3.23. The van der Waals surface area contributed by atoms with Gasteiger partial charge in [-0.1, -0.05) is 13.8 Å². The van der Waals surface area contributed by atoms with Crippen LogP contribution in [0.25, 0.3) is 20.0 Å². The third kappa shape index (κ3) is 2.55. The molecule has 0 aliphatic rings. The molecule has 0 saturated heterocycles. The van der Waals surface area contributed by atoms with Crippen LogP contribution in [0.3, 0.4) is 0 Å². The van der Waals surface area contributed by atoms with Crippen LogP contribution in [0.2, 0.25) is 0 Å². The molecular formula is C15H16N2OS2. The highest BCUT2D eigenvalue weighted by Gasteiger charge is 2.14. The summed E-state index contributed by atoms with van der Waals surface area (Å²) in [5, 5.41) is 6.69. The summed E-state index contributed by atoms with van der Waals surface area (Å²) < 4.78 is 4.42. The molecule has 3 heterocycles. The van der Waals surface area contributed by atoms with Gasteiger partial charge in [-0.15, -0.1) is 22.7 Å². The minimum Gasteiger partial charge on any atom is -0.298 e. The minimum atomic E-state index is 0.634. The number of rotatable bonds is 5. The Balaban J connectivity index is 1.95. The maximum Gasteiger partial charge on any atom is 0.153 e. The van der Waals surface area contributed by atoms with Crippen molar-refractivity contribution in [3.05, 3.63) is 29.3 Å². The summed E-state index contributed by atoms with van der Waals surface area (Å²) in [6.45, 7) is 5.25. The van der Waals surface area contributed by atoms with E-state index < -0.39 is 0 Å². The van der Waals surface area contributed by atoms with Gasteiger partial charge in [-0.05, 0) is 29.9 Å². The number of carbonyl (C=O) groups excluding carboxylic acids is 1. The van der Waals surface area contributed by atoms with Crippen molar-refractivity contribution in [3.63, 3.8) is 0 Å². The fourth-order valence-electron chi connectivity index (χ4n) is 2.10. The molecule has 0 amide bonds. The number of fused-ring (bicyclic) bond motifs is 1. The number of hydrogen-bond donors (Lipinski definition) is 0. The Kier molecular flexibility index (Phi) is 3.72. The molecule has 5 heteroatoms. The Hall–Kier alpha value is -1.46. The van der Waals surface area contributed by atoms with Crippen LogP contribution in [0, 0.1) is 5.92 Å². The molecule has 0 spiro atoms. The van der Waals surface area contributed by atoms with Crippen molar-refractivity contribution >= 4 is 38.4 Å². The predicted molar refractivity (Wildman–Crippen MR) is 85.8 cm³/mol. The van der Waals surface area contributed by atoms with E-state index in [1.165, 1.54) is 9.40 Å². The number of carbonyl (C=O) groups is 1. The van der Waals surface area contributed by atoms with Crippen molar-refractivity contribution in [1.82, 2.24) is 9.78 Å². The van der Waals surface area contributed by atoms with Crippen molar-refractivity contribution in [2.45, 2.75) is 26.8 Å². The van der Waals surface area contributed by atoms with Crippen LogP contribution in [0.1, 0.15) is 30.6 Å². The van der Waals surface area contributed by atoms with Gasteiger partial charge in [-0.2, -0.15) is 5.10 Å². The van der Waals surface area contributed by atoms with Gasteiger partial charge in [-0.25, -0.2) is 0 Å². The molecule has 0 aliphatic heterocycles. The van der Waals surface area contributed by atoms with Crippen molar-refractivity contribution in [3.8, 4) is 10.6 Å². The molecule has 0 aromatic carbocycles. The number of aldehydes is 1. The fraction of sp³-hybridized carbons (Fsp3) is 0.333. The highest BCUT2D eigenvalue weighted by atomic mass is 32.1. The predicted octanol–water partition coefficient (Wildman–Crippen LogP) is 4.68. The van der Waals surface area contributed by atoms with Gasteiger partial charge in [0.15, 0.2) is 6.29 Å². The molecule has 0 unspecified atom stereocenters. The lowest BCUT2D eigenvalue weighted by atomic mass is 10.1. The summed E-state index contributed by atoms with van der Waals surface area (Å²) in [4.78, 5) is 12.3. The van der Waals surface area contributed by atoms with E-state index in [4.69, 9.17) is 0 Å². The molecule has 3 rings (SSSR count). The van der Waals surface area contributed by atoms with Gasteiger partial charge in [0.1, 0.15) is 5.69 Å².